The van der Waals surface area contributed by atoms with Gasteiger partial charge in [0.25, 0.3) is 0 Å². The summed E-state index contributed by atoms with van der Waals surface area (Å²) in [7, 11) is 0. The fraction of sp³-hybridized carbons (Fsp3) is 0.647. The van der Waals surface area contributed by atoms with Crippen LogP contribution in [0.15, 0.2) is 22.7 Å². The standard InChI is InChI=1S/C17H25BrN2O/c18-16-6-3-5-14(13-19-15-7-8-15)17(16)21-12-4-11-20-9-1-2-10-20/h3,5-6,15,19H,1-2,4,7-13H2. The van der Waals surface area contributed by atoms with Crippen LogP contribution >= 0.6 is 15.9 Å². The molecule has 1 saturated carbocycles. The van der Waals surface area contributed by atoms with Crippen molar-refractivity contribution < 1.29 is 4.74 Å². The number of likely N-dealkylation sites (tertiary alicyclic amines) is 1. The van der Waals surface area contributed by atoms with Crippen LogP contribution in [0.2, 0.25) is 0 Å². The van der Waals surface area contributed by atoms with Crippen LogP contribution in [0.25, 0.3) is 0 Å². The topological polar surface area (TPSA) is 24.5 Å². The van der Waals surface area contributed by atoms with Gasteiger partial charge in [0, 0.05) is 24.7 Å². The summed E-state index contributed by atoms with van der Waals surface area (Å²) in [6.45, 7) is 5.42. The van der Waals surface area contributed by atoms with Crippen molar-refractivity contribution in [1.29, 1.82) is 0 Å². The predicted molar refractivity (Wildman–Crippen MR) is 89.8 cm³/mol. The molecule has 1 aromatic rings. The zero-order chi connectivity index (χ0) is 14.5. The Kier molecular flexibility index (Phi) is 5.55. The van der Waals surface area contributed by atoms with E-state index in [1.165, 1.54) is 50.9 Å². The first-order valence-corrected chi connectivity index (χ1v) is 8.98. The highest BCUT2D eigenvalue weighted by Gasteiger charge is 2.21. The molecule has 3 nitrogen and oxygen atoms in total. The van der Waals surface area contributed by atoms with Gasteiger partial charge in [0.2, 0.25) is 0 Å². The van der Waals surface area contributed by atoms with E-state index in [0.717, 1.165) is 35.8 Å². The molecule has 1 aromatic carbocycles. The minimum absolute atomic E-state index is 0.729. The van der Waals surface area contributed by atoms with Crippen LogP contribution in [0, 0.1) is 0 Å². The largest absolute Gasteiger partial charge is 0.492 e. The molecule has 0 spiro atoms. The number of nitrogens with zero attached hydrogens (tertiary/aromatic N) is 1. The van der Waals surface area contributed by atoms with E-state index in [9.17, 15) is 0 Å². The Morgan fingerprint density at radius 3 is 2.81 bits per heavy atom. The average molecular weight is 353 g/mol. The minimum Gasteiger partial charge on any atom is -0.492 e. The first kappa shape index (κ1) is 15.3. The molecule has 0 amide bonds. The Morgan fingerprint density at radius 2 is 2.05 bits per heavy atom. The molecule has 1 saturated heterocycles. The molecular formula is C17H25BrN2O. The Bertz CT molecular complexity index is 456. The third-order valence-corrected chi connectivity index (χ3v) is 4.90. The third kappa shape index (κ3) is 4.70. The van der Waals surface area contributed by atoms with Gasteiger partial charge in [0.1, 0.15) is 5.75 Å². The van der Waals surface area contributed by atoms with Crippen molar-refractivity contribution in [3.05, 3.63) is 28.2 Å². The number of nitrogens with one attached hydrogen (secondary N) is 1. The maximum Gasteiger partial charge on any atom is 0.137 e. The van der Waals surface area contributed by atoms with Gasteiger partial charge in [-0.2, -0.15) is 0 Å². The zero-order valence-corrected chi connectivity index (χ0v) is 14.2. The van der Waals surface area contributed by atoms with Crippen LogP contribution in [0.1, 0.15) is 37.7 Å². The Morgan fingerprint density at radius 1 is 1.24 bits per heavy atom. The van der Waals surface area contributed by atoms with E-state index in [1.807, 2.05) is 0 Å². The van der Waals surface area contributed by atoms with Crippen molar-refractivity contribution in [1.82, 2.24) is 10.2 Å². The molecule has 1 heterocycles. The lowest BCUT2D eigenvalue weighted by atomic mass is 10.2. The maximum atomic E-state index is 6.07. The number of hydrogen-bond donors (Lipinski definition) is 1. The molecule has 4 heteroatoms. The molecule has 0 aromatic heterocycles. The van der Waals surface area contributed by atoms with Gasteiger partial charge >= 0.3 is 0 Å². The first-order chi connectivity index (χ1) is 10.3. The molecule has 3 rings (SSSR count). The van der Waals surface area contributed by atoms with E-state index in [0.29, 0.717) is 0 Å². The van der Waals surface area contributed by atoms with Crippen molar-refractivity contribution in [3.8, 4) is 5.75 Å². The lowest BCUT2D eigenvalue weighted by molar-refractivity contribution is 0.260. The summed E-state index contributed by atoms with van der Waals surface area (Å²) in [5, 5.41) is 3.57. The molecule has 116 valence electrons. The van der Waals surface area contributed by atoms with Gasteiger partial charge in [0.15, 0.2) is 0 Å². The quantitative estimate of drug-likeness (QED) is 0.724. The van der Waals surface area contributed by atoms with Gasteiger partial charge < -0.3 is 15.0 Å². The molecule has 1 aliphatic heterocycles. The first-order valence-electron chi connectivity index (χ1n) is 8.19. The summed E-state index contributed by atoms with van der Waals surface area (Å²) in [6.07, 6.45) is 6.47. The molecule has 0 unspecified atom stereocenters. The van der Waals surface area contributed by atoms with E-state index in [-0.39, 0.29) is 0 Å². The lowest BCUT2D eigenvalue weighted by Crippen LogP contribution is -2.22. The second kappa shape index (κ2) is 7.61. The maximum absolute atomic E-state index is 6.07. The van der Waals surface area contributed by atoms with Gasteiger partial charge in [-0.05, 0) is 67.2 Å². The Balaban J connectivity index is 1.47. The second-order valence-electron chi connectivity index (χ2n) is 6.13. The lowest BCUT2D eigenvalue weighted by Gasteiger charge is -2.16. The van der Waals surface area contributed by atoms with Crippen LogP contribution in [-0.2, 0) is 6.54 Å². The molecule has 0 radical (unpaired) electrons. The van der Waals surface area contributed by atoms with E-state index in [1.54, 1.807) is 0 Å². The van der Waals surface area contributed by atoms with Crippen LogP contribution in [0.5, 0.6) is 5.75 Å². The van der Waals surface area contributed by atoms with Gasteiger partial charge in [-0.1, -0.05) is 12.1 Å². The summed E-state index contributed by atoms with van der Waals surface area (Å²) >= 11 is 3.62. The molecule has 2 aliphatic rings. The summed E-state index contributed by atoms with van der Waals surface area (Å²) < 4.78 is 7.14. The molecule has 2 fully saturated rings. The van der Waals surface area contributed by atoms with E-state index >= 15 is 0 Å². The third-order valence-electron chi connectivity index (χ3n) is 4.27. The molecule has 0 atom stereocenters. The summed E-state index contributed by atoms with van der Waals surface area (Å²) in [5.41, 5.74) is 1.26. The molecule has 1 aliphatic carbocycles. The zero-order valence-electron chi connectivity index (χ0n) is 12.6. The van der Waals surface area contributed by atoms with Gasteiger partial charge in [0.05, 0.1) is 11.1 Å². The van der Waals surface area contributed by atoms with Crippen LogP contribution in [0.3, 0.4) is 0 Å². The number of hydrogen-bond acceptors (Lipinski definition) is 3. The Hall–Kier alpha value is -0.580. The van der Waals surface area contributed by atoms with Gasteiger partial charge in [-0.15, -0.1) is 0 Å². The normalized spacial score (nSPS) is 19.1. The average Bonchev–Trinajstić information content (AvgIpc) is 3.17. The fourth-order valence-electron chi connectivity index (χ4n) is 2.86. The number of benzene rings is 1. The second-order valence-corrected chi connectivity index (χ2v) is 6.99. The minimum atomic E-state index is 0.729. The number of ether oxygens (including phenoxy) is 1. The predicted octanol–water partition coefficient (Wildman–Crippen LogP) is 3.57. The van der Waals surface area contributed by atoms with Crippen molar-refractivity contribution in [2.45, 2.75) is 44.7 Å². The molecular weight excluding hydrogens is 328 g/mol. The Labute approximate surface area is 136 Å². The number of rotatable bonds is 8. The summed E-state index contributed by atoms with van der Waals surface area (Å²) in [5.74, 6) is 1.02. The highest BCUT2D eigenvalue weighted by molar-refractivity contribution is 9.10. The van der Waals surface area contributed by atoms with E-state index in [4.69, 9.17) is 4.74 Å². The molecule has 1 N–H and O–H groups in total. The number of para-hydroxylation sites is 1. The summed E-state index contributed by atoms with van der Waals surface area (Å²) in [4.78, 5) is 2.54. The van der Waals surface area contributed by atoms with Crippen molar-refractivity contribution in [2.75, 3.05) is 26.2 Å². The van der Waals surface area contributed by atoms with E-state index in [2.05, 4.69) is 44.3 Å². The monoisotopic (exact) mass is 352 g/mol. The van der Waals surface area contributed by atoms with Crippen LogP contribution in [-0.4, -0.2) is 37.2 Å². The van der Waals surface area contributed by atoms with Crippen LogP contribution < -0.4 is 10.1 Å². The van der Waals surface area contributed by atoms with Gasteiger partial charge in [-0.3, -0.25) is 0 Å². The van der Waals surface area contributed by atoms with Gasteiger partial charge in [-0.25, -0.2) is 0 Å². The molecule has 0 bridgehead atoms. The van der Waals surface area contributed by atoms with E-state index < -0.39 is 0 Å². The van der Waals surface area contributed by atoms with Crippen molar-refractivity contribution >= 4 is 15.9 Å². The van der Waals surface area contributed by atoms with Crippen LogP contribution in [0.4, 0.5) is 0 Å². The fourth-order valence-corrected chi connectivity index (χ4v) is 3.39. The summed E-state index contributed by atoms with van der Waals surface area (Å²) in [6, 6.07) is 7.05. The highest BCUT2D eigenvalue weighted by Crippen LogP contribution is 2.30. The molecule has 21 heavy (non-hydrogen) atoms. The number of halogens is 1. The smallest absolute Gasteiger partial charge is 0.137 e. The van der Waals surface area contributed by atoms with Crippen molar-refractivity contribution in [3.63, 3.8) is 0 Å². The highest BCUT2D eigenvalue weighted by atomic mass is 79.9. The SMILES string of the molecule is Brc1cccc(CNC2CC2)c1OCCCN1CCCC1. The van der Waals surface area contributed by atoms with Crippen molar-refractivity contribution in [2.24, 2.45) is 0 Å².